The number of hydrogen-bond acceptors (Lipinski definition) is 2. The van der Waals surface area contributed by atoms with Crippen molar-refractivity contribution in [2.75, 3.05) is 0 Å². The summed E-state index contributed by atoms with van der Waals surface area (Å²) >= 11 is 1.79. The van der Waals surface area contributed by atoms with Crippen molar-refractivity contribution in [1.82, 2.24) is 0 Å². The zero-order valence-corrected chi connectivity index (χ0v) is 36.4. The van der Waals surface area contributed by atoms with Gasteiger partial charge in [0, 0.05) is 36.7 Å². The van der Waals surface area contributed by atoms with Crippen LogP contribution in [0.1, 0.15) is 41.7 Å². The number of amidine groups is 1. The van der Waals surface area contributed by atoms with Gasteiger partial charge in [-0.25, -0.2) is 4.99 Å². The third kappa shape index (κ3) is 6.07. The standard InChI is InChI=1S/C61H42N2S/c1-61(2)54-35-29-41(37-53(54)50-32-28-38-15-6-7-19-44(38)59(50)61)43-33-34-49(47-22-11-10-21-46(43)47)48-31-27-39(42-18-8-9-20-45(42)48)30-36-55(63-60(62)40-16-4-3-5-17-40)51-24-14-26-57-58(51)52-23-12-13-25-56(52)64-57/h3-37,62H,1-2H3/b36-30+,62-60?,63-55?. The molecule has 0 atom stereocenters. The maximum Gasteiger partial charge on any atom is 0.152 e. The van der Waals surface area contributed by atoms with E-state index in [9.17, 15) is 0 Å². The van der Waals surface area contributed by atoms with E-state index < -0.39 is 0 Å². The Labute approximate surface area is 376 Å². The van der Waals surface area contributed by atoms with Crippen LogP contribution in [0.4, 0.5) is 0 Å². The molecule has 1 N–H and O–H groups in total. The van der Waals surface area contributed by atoms with Gasteiger partial charge in [0.1, 0.15) is 0 Å². The predicted molar refractivity (Wildman–Crippen MR) is 276 cm³/mol. The summed E-state index contributed by atoms with van der Waals surface area (Å²) < 4.78 is 2.45. The molecule has 3 heteroatoms. The number of aliphatic imine (C=N–C) groups is 1. The molecular formula is C61H42N2S. The maximum atomic E-state index is 9.10. The highest BCUT2D eigenvalue weighted by Gasteiger charge is 2.37. The number of hydrogen-bond donors (Lipinski definition) is 1. The number of allylic oxidation sites excluding steroid dienone is 1. The predicted octanol–water partition coefficient (Wildman–Crippen LogP) is 16.7. The molecule has 0 saturated carbocycles. The van der Waals surface area contributed by atoms with Gasteiger partial charge in [-0.15, -0.1) is 11.3 Å². The Morgan fingerprint density at radius 2 is 1.11 bits per heavy atom. The highest BCUT2D eigenvalue weighted by molar-refractivity contribution is 7.25. The Morgan fingerprint density at radius 1 is 0.500 bits per heavy atom. The van der Waals surface area contributed by atoms with E-state index in [0.717, 1.165) is 27.8 Å². The second kappa shape index (κ2) is 15.0. The number of thiophene rings is 1. The lowest BCUT2D eigenvalue weighted by Crippen LogP contribution is -2.15. The van der Waals surface area contributed by atoms with E-state index >= 15 is 0 Å². The second-order valence-corrected chi connectivity index (χ2v) is 18.5. The van der Waals surface area contributed by atoms with Crippen molar-refractivity contribution in [3.8, 4) is 33.4 Å². The van der Waals surface area contributed by atoms with Gasteiger partial charge in [-0.05, 0) is 107 Å². The SMILES string of the molecule is CC1(C)c2ccc(-c3ccc(-c4ccc(/C=C/C(=NC(=N)c5ccccc5)c5cccc6sc7ccccc7c56)c5ccccc45)c4ccccc34)cc2-c2ccc3ccccc3c21. The quantitative estimate of drug-likeness (QED) is 0.128. The molecule has 0 fully saturated rings. The Bertz CT molecular complexity index is 3770. The number of benzene rings is 10. The summed E-state index contributed by atoms with van der Waals surface area (Å²) in [6, 6.07) is 72.1. The van der Waals surface area contributed by atoms with E-state index in [1.807, 2.05) is 30.3 Å². The molecule has 12 rings (SSSR count). The topological polar surface area (TPSA) is 36.2 Å². The van der Waals surface area contributed by atoms with Crippen LogP contribution in [0.5, 0.6) is 0 Å². The first kappa shape index (κ1) is 38.0. The molecule has 1 aromatic heterocycles. The van der Waals surface area contributed by atoms with Crippen LogP contribution in [0.2, 0.25) is 0 Å². The smallest absolute Gasteiger partial charge is 0.152 e. The van der Waals surface area contributed by atoms with Crippen molar-refractivity contribution in [3.05, 3.63) is 234 Å². The summed E-state index contributed by atoms with van der Waals surface area (Å²) in [6.45, 7) is 4.74. The first-order chi connectivity index (χ1) is 31.4. The van der Waals surface area contributed by atoms with Gasteiger partial charge < -0.3 is 0 Å². The molecule has 1 aliphatic carbocycles. The average Bonchev–Trinajstić information content (AvgIpc) is 3.84. The summed E-state index contributed by atoms with van der Waals surface area (Å²) in [7, 11) is 0. The lowest BCUT2D eigenvalue weighted by atomic mass is 9.80. The van der Waals surface area contributed by atoms with Gasteiger partial charge in [-0.2, -0.15) is 0 Å². The van der Waals surface area contributed by atoms with Gasteiger partial charge in [-0.1, -0.05) is 202 Å². The number of nitrogens with one attached hydrogen (secondary N) is 1. The van der Waals surface area contributed by atoms with Gasteiger partial charge in [0.15, 0.2) is 5.84 Å². The molecule has 0 bridgehead atoms. The number of fused-ring (bicyclic) bond motifs is 10. The van der Waals surface area contributed by atoms with Crippen molar-refractivity contribution in [3.63, 3.8) is 0 Å². The first-order valence-corrected chi connectivity index (χ1v) is 22.8. The largest absolute Gasteiger partial charge is 0.282 e. The molecule has 0 spiro atoms. The zero-order valence-electron chi connectivity index (χ0n) is 35.6. The Kier molecular flexibility index (Phi) is 8.89. The summed E-state index contributed by atoms with van der Waals surface area (Å²) in [4.78, 5) is 5.05. The fourth-order valence-corrected chi connectivity index (χ4v) is 11.5. The van der Waals surface area contributed by atoms with Gasteiger partial charge in [-0.3, -0.25) is 5.41 Å². The van der Waals surface area contributed by atoms with Crippen LogP contribution in [0.15, 0.2) is 211 Å². The average molecular weight is 835 g/mol. The third-order valence-corrected chi connectivity index (χ3v) is 14.5. The lowest BCUT2D eigenvalue weighted by molar-refractivity contribution is 0.666. The fraction of sp³-hybridized carbons (Fsp3) is 0.0492. The summed E-state index contributed by atoms with van der Waals surface area (Å²) in [6.07, 6.45) is 4.27. The number of nitrogens with zero attached hydrogens (tertiary/aromatic N) is 1. The van der Waals surface area contributed by atoms with E-state index in [-0.39, 0.29) is 11.3 Å². The molecule has 0 amide bonds. The van der Waals surface area contributed by atoms with Crippen LogP contribution in [0, 0.1) is 5.41 Å². The highest BCUT2D eigenvalue weighted by Crippen LogP contribution is 2.52. The van der Waals surface area contributed by atoms with E-state index in [1.165, 1.54) is 91.6 Å². The van der Waals surface area contributed by atoms with Gasteiger partial charge in [0.25, 0.3) is 0 Å². The molecule has 1 aliphatic rings. The van der Waals surface area contributed by atoms with E-state index in [4.69, 9.17) is 10.4 Å². The van der Waals surface area contributed by atoms with Gasteiger partial charge in [0.2, 0.25) is 0 Å². The van der Waals surface area contributed by atoms with E-state index in [0.29, 0.717) is 0 Å². The first-order valence-electron chi connectivity index (χ1n) is 22.0. The Morgan fingerprint density at radius 3 is 1.91 bits per heavy atom. The maximum absolute atomic E-state index is 9.10. The highest BCUT2D eigenvalue weighted by atomic mass is 32.1. The lowest BCUT2D eigenvalue weighted by Gasteiger charge is -2.23. The van der Waals surface area contributed by atoms with Gasteiger partial charge in [0.05, 0.1) is 5.71 Å². The minimum atomic E-state index is -0.0924. The molecule has 0 unspecified atom stereocenters. The van der Waals surface area contributed by atoms with Crippen LogP contribution in [-0.2, 0) is 5.41 Å². The van der Waals surface area contributed by atoms with Crippen molar-refractivity contribution < 1.29 is 0 Å². The van der Waals surface area contributed by atoms with Crippen LogP contribution in [0.3, 0.4) is 0 Å². The molecular weight excluding hydrogens is 793 g/mol. The molecule has 1 heterocycles. The molecule has 302 valence electrons. The van der Waals surface area contributed by atoms with Crippen LogP contribution in [0.25, 0.3) is 91.9 Å². The van der Waals surface area contributed by atoms with Crippen molar-refractivity contribution in [1.29, 1.82) is 5.41 Å². The minimum absolute atomic E-state index is 0.0924. The van der Waals surface area contributed by atoms with Crippen molar-refractivity contribution in [2.45, 2.75) is 19.3 Å². The van der Waals surface area contributed by atoms with Crippen LogP contribution >= 0.6 is 11.3 Å². The molecule has 0 radical (unpaired) electrons. The minimum Gasteiger partial charge on any atom is -0.282 e. The molecule has 2 nitrogen and oxygen atoms in total. The molecule has 11 aromatic rings. The molecule has 64 heavy (non-hydrogen) atoms. The van der Waals surface area contributed by atoms with E-state index in [1.54, 1.807) is 11.3 Å². The monoisotopic (exact) mass is 834 g/mol. The zero-order chi connectivity index (χ0) is 42.9. The molecule has 10 aromatic carbocycles. The summed E-state index contributed by atoms with van der Waals surface area (Å²) in [5.41, 5.74) is 13.9. The van der Waals surface area contributed by atoms with Crippen LogP contribution in [-0.4, -0.2) is 11.5 Å². The molecule has 0 saturated heterocycles. The summed E-state index contributed by atoms with van der Waals surface area (Å²) in [5.74, 6) is 0.231. The number of rotatable bonds is 6. The van der Waals surface area contributed by atoms with Crippen molar-refractivity contribution in [2.24, 2.45) is 4.99 Å². The summed E-state index contributed by atoms with van der Waals surface area (Å²) in [5, 5.41) is 18.9. The Hall–Kier alpha value is -7.72. The molecule has 0 aliphatic heterocycles. The van der Waals surface area contributed by atoms with Crippen LogP contribution < -0.4 is 0 Å². The van der Waals surface area contributed by atoms with Gasteiger partial charge >= 0.3 is 0 Å². The normalized spacial score (nSPS) is 13.4. The third-order valence-electron chi connectivity index (χ3n) is 13.4. The van der Waals surface area contributed by atoms with E-state index in [2.05, 4.69) is 196 Å². The Balaban J connectivity index is 0.964. The fourth-order valence-electron chi connectivity index (χ4n) is 10.4. The van der Waals surface area contributed by atoms with Crippen molar-refractivity contribution >= 4 is 81.4 Å². The second-order valence-electron chi connectivity index (χ2n) is 17.4.